The molecule has 0 spiro atoms. The normalized spacial score (nSPS) is 11.7. The van der Waals surface area contributed by atoms with Crippen molar-refractivity contribution < 1.29 is 13.2 Å². The fraction of sp³-hybridized carbons (Fsp3) is 0.438. The number of hydrogen-bond donors (Lipinski definition) is 1. The standard InChI is InChI=1S/C16H23N5O3S/c1-12-16(13(2)19-18-12)25(23,24)21(4)11-15(22)20(3)10-7-14-5-8-17-9-6-14/h5-6,8-9H,7,10-11H2,1-4H3,(H,18,19). The van der Waals surface area contributed by atoms with Crippen molar-refractivity contribution in [1.82, 2.24) is 24.4 Å². The maximum absolute atomic E-state index is 12.7. The Bertz CT molecular complexity index is 813. The molecular weight excluding hydrogens is 342 g/mol. The number of carbonyl (C=O) groups is 1. The number of H-pyrrole nitrogens is 1. The Morgan fingerprint density at radius 3 is 2.40 bits per heavy atom. The Kier molecular flexibility index (Phi) is 5.91. The van der Waals surface area contributed by atoms with Crippen molar-refractivity contribution in [2.75, 3.05) is 27.2 Å². The van der Waals surface area contributed by atoms with E-state index in [-0.39, 0.29) is 17.3 Å². The molecule has 0 saturated heterocycles. The molecule has 2 rings (SSSR count). The Hall–Kier alpha value is -2.26. The number of nitrogens with one attached hydrogen (secondary N) is 1. The Morgan fingerprint density at radius 2 is 1.84 bits per heavy atom. The fourth-order valence-electron chi connectivity index (χ4n) is 2.44. The molecule has 8 nitrogen and oxygen atoms in total. The molecule has 1 N–H and O–H groups in total. The summed E-state index contributed by atoms with van der Waals surface area (Å²) in [5.41, 5.74) is 1.92. The lowest BCUT2D eigenvalue weighted by Gasteiger charge is -2.22. The molecule has 0 bridgehead atoms. The van der Waals surface area contributed by atoms with Crippen LogP contribution in [0.25, 0.3) is 0 Å². The summed E-state index contributed by atoms with van der Waals surface area (Å²) in [5, 5.41) is 6.57. The quantitative estimate of drug-likeness (QED) is 0.780. The molecule has 0 saturated carbocycles. The number of amides is 1. The van der Waals surface area contributed by atoms with E-state index in [9.17, 15) is 13.2 Å². The Balaban J connectivity index is 1.99. The van der Waals surface area contributed by atoms with Gasteiger partial charge in [0.25, 0.3) is 0 Å². The zero-order chi connectivity index (χ0) is 18.6. The van der Waals surface area contributed by atoms with Crippen molar-refractivity contribution >= 4 is 15.9 Å². The van der Waals surface area contributed by atoms with Gasteiger partial charge in [0, 0.05) is 33.0 Å². The van der Waals surface area contributed by atoms with Gasteiger partial charge in [-0.1, -0.05) is 0 Å². The lowest BCUT2D eigenvalue weighted by Crippen LogP contribution is -2.40. The molecule has 0 unspecified atom stereocenters. The van der Waals surface area contributed by atoms with Crippen LogP contribution in [0.15, 0.2) is 29.4 Å². The van der Waals surface area contributed by atoms with Crippen LogP contribution in [-0.2, 0) is 21.2 Å². The molecule has 9 heteroatoms. The molecule has 0 radical (unpaired) electrons. The number of likely N-dealkylation sites (N-methyl/N-ethyl adjacent to an activating group) is 2. The van der Waals surface area contributed by atoms with Gasteiger partial charge in [-0.25, -0.2) is 8.42 Å². The van der Waals surface area contributed by atoms with E-state index in [2.05, 4.69) is 15.2 Å². The van der Waals surface area contributed by atoms with E-state index in [0.29, 0.717) is 24.4 Å². The van der Waals surface area contributed by atoms with Gasteiger partial charge in [-0.05, 0) is 38.0 Å². The minimum atomic E-state index is -3.77. The smallest absolute Gasteiger partial charge is 0.246 e. The highest BCUT2D eigenvalue weighted by molar-refractivity contribution is 7.89. The number of carbonyl (C=O) groups excluding carboxylic acids is 1. The van der Waals surface area contributed by atoms with Crippen LogP contribution < -0.4 is 0 Å². The van der Waals surface area contributed by atoms with Crippen LogP contribution >= 0.6 is 0 Å². The van der Waals surface area contributed by atoms with Gasteiger partial charge in [-0.15, -0.1) is 0 Å². The molecule has 0 aliphatic rings. The fourth-order valence-corrected chi connectivity index (χ4v) is 3.89. The van der Waals surface area contributed by atoms with E-state index in [4.69, 9.17) is 0 Å². The number of aryl methyl sites for hydroxylation is 2. The second-order valence-electron chi connectivity index (χ2n) is 5.94. The lowest BCUT2D eigenvalue weighted by atomic mass is 10.2. The molecule has 2 heterocycles. The molecule has 2 aromatic rings. The number of hydrogen-bond acceptors (Lipinski definition) is 5. The molecule has 0 atom stereocenters. The lowest BCUT2D eigenvalue weighted by molar-refractivity contribution is -0.129. The molecular formula is C16H23N5O3S. The predicted octanol–water partition coefficient (Wildman–Crippen LogP) is 0.743. The summed E-state index contributed by atoms with van der Waals surface area (Å²) in [6, 6.07) is 3.78. The summed E-state index contributed by atoms with van der Waals surface area (Å²) in [4.78, 5) is 18.0. The summed E-state index contributed by atoms with van der Waals surface area (Å²) < 4.78 is 26.4. The van der Waals surface area contributed by atoms with E-state index in [1.54, 1.807) is 33.3 Å². The van der Waals surface area contributed by atoms with Gasteiger partial charge in [0.05, 0.1) is 17.9 Å². The third kappa shape index (κ3) is 4.43. The highest BCUT2D eigenvalue weighted by Gasteiger charge is 2.29. The number of rotatable bonds is 7. The maximum atomic E-state index is 12.7. The van der Waals surface area contributed by atoms with Crippen molar-refractivity contribution in [2.45, 2.75) is 25.2 Å². The number of pyridine rings is 1. The van der Waals surface area contributed by atoms with Crippen molar-refractivity contribution in [1.29, 1.82) is 0 Å². The topological polar surface area (TPSA) is 99.3 Å². The van der Waals surface area contributed by atoms with Crippen LogP contribution in [0.2, 0.25) is 0 Å². The number of nitrogens with zero attached hydrogens (tertiary/aromatic N) is 4. The van der Waals surface area contributed by atoms with Crippen LogP contribution in [0.5, 0.6) is 0 Å². The minimum Gasteiger partial charge on any atom is -0.344 e. The monoisotopic (exact) mass is 365 g/mol. The SMILES string of the molecule is Cc1n[nH]c(C)c1S(=O)(=O)N(C)CC(=O)N(C)CCc1ccncc1. The minimum absolute atomic E-state index is 0.127. The summed E-state index contributed by atoms with van der Waals surface area (Å²) in [6.07, 6.45) is 4.08. The Labute approximate surface area is 147 Å². The van der Waals surface area contributed by atoms with Crippen LogP contribution in [0.1, 0.15) is 17.0 Å². The molecule has 0 aromatic carbocycles. The first-order valence-electron chi connectivity index (χ1n) is 7.84. The first-order chi connectivity index (χ1) is 11.7. The average molecular weight is 365 g/mol. The third-order valence-electron chi connectivity index (χ3n) is 4.00. The van der Waals surface area contributed by atoms with E-state index in [0.717, 1.165) is 9.87 Å². The molecule has 25 heavy (non-hydrogen) atoms. The summed E-state index contributed by atoms with van der Waals surface area (Å²) in [5.74, 6) is -0.265. The summed E-state index contributed by atoms with van der Waals surface area (Å²) in [6.45, 7) is 3.54. The van der Waals surface area contributed by atoms with E-state index in [1.165, 1.54) is 11.9 Å². The first kappa shape index (κ1) is 19.1. The maximum Gasteiger partial charge on any atom is 0.246 e. The summed E-state index contributed by atoms with van der Waals surface area (Å²) in [7, 11) is -0.705. The van der Waals surface area contributed by atoms with Gasteiger partial charge in [-0.3, -0.25) is 14.9 Å². The van der Waals surface area contributed by atoms with Gasteiger partial charge < -0.3 is 4.90 Å². The highest BCUT2D eigenvalue weighted by Crippen LogP contribution is 2.20. The largest absolute Gasteiger partial charge is 0.344 e. The van der Waals surface area contributed by atoms with E-state index in [1.807, 2.05) is 12.1 Å². The zero-order valence-corrected chi connectivity index (χ0v) is 15.7. The van der Waals surface area contributed by atoms with Crippen molar-refractivity contribution in [3.8, 4) is 0 Å². The number of sulfonamides is 1. The Morgan fingerprint density at radius 1 is 1.20 bits per heavy atom. The van der Waals surface area contributed by atoms with Crippen LogP contribution in [-0.4, -0.2) is 65.9 Å². The van der Waals surface area contributed by atoms with Crippen molar-refractivity contribution in [3.63, 3.8) is 0 Å². The molecule has 0 aliphatic heterocycles. The third-order valence-corrected chi connectivity index (χ3v) is 6.06. The van der Waals surface area contributed by atoms with Crippen molar-refractivity contribution in [3.05, 3.63) is 41.5 Å². The van der Waals surface area contributed by atoms with Crippen molar-refractivity contribution in [2.24, 2.45) is 0 Å². The van der Waals surface area contributed by atoms with E-state index < -0.39 is 10.0 Å². The molecule has 0 fully saturated rings. The predicted molar refractivity (Wildman–Crippen MR) is 93.5 cm³/mol. The van der Waals surface area contributed by atoms with Gasteiger partial charge in [0.2, 0.25) is 15.9 Å². The number of aromatic nitrogens is 3. The van der Waals surface area contributed by atoms with Gasteiger partial charge in [0.15, 0.2) is 0 Å². The zero-order valence-electron chi connectivity index (χ0n) is 14.9. The van der Waals surface area contributed by atoms with Gasteiger partial charge in [-0.2, -0.15) is 9.40 Å². The second kappa shape index (κ2) is 7.75. The van der Waals surface area contributed by atoms with Gasteiger partial charge >= 0.3 is 0 Å². The molecule has 0 aliphatic carbocycles. The molecule has 1 amide bonds. The first-order valence-corrected chi connectivity index (χ1v) is 9.28. The van der Waals surface area contributed by atoms with Crippen LogP contribution in [0, 0.1) is 13.8 Å². The van der Waals surface area contributed by atoms with Gasteiger partial charge in [0.1, 0.15) is 4.90 Å². The van der Waals surface area contributed by atoms with Crippen LogP contribution in [0.4, 0.5) is 0 Å². The summed E-state index contributed by atoms with van der Waals surface area (Å²) >= 11 is 0. The molecule has 2 aromatic heterocycles. The van der Waals surface area contributed by atoms with Crippen LogP contribution in [0.3, 0.4) is 0 Å². The second-order valence-corrected chi connectivity index (χ2v) is 7.93. The average Bonchev–Trinajstić information content (AvgIpc) is 2.92. The number of aromatic amines is 1. The van der Waals surface area contributed by atoms with E-state index >= 15 is 0 Å². The highest BCUT2D eigenvalue weighted by atomic mass is 32.2. The molecule has 136 valence electrons.